The van der Waals surface area contributed by atoms with E-state index in [1.807, 2.05) is 11.8 Å². The van der Waals surface area contributed by atoms with Gasteiger partial charge in [0.2, 0.25) is 10.1 Å². The molecule has 0 bridgehead atoms. The molecular weight excluding hydrogens is 289 g/mol. The Morgan fingerprint density at radius 1 is 1.35 bits per heavy atom. The van der Waals surface area contributed by atoms with E-state index < -0.39 is 11.2 Å². The van der Waals surface area contributed by atoms with Gasteiger partial charge in [-0.25, -0.2) is 0 Å². The van der Waals surface area contributed by atoms with Crippen LogP contribution in [0.3, 0.4) is 0 Å². The molecule has 0 amide bonds. The molecule has 2 rings (SSSR count). The van der Waals surface area contributed by atoms with E-state index in [9.17, 15) is 13.2 Å². The monoisotopic (exact) mass is 308 g/mol. The molecule has 0 saturated carbocycles. The van der Waals surface area contributed by atoms with E-state index in [0.717, 1.165) is 19.4 Å². The van der Waals surface area contributed by atoms with Crippen molar-refractivity contribution in [3.05, 3.63) is 5.01 Å². The van der Waals surface area contributed by atoms with Crippen LogP contribution >= 0.6 is 11.3 Å². The first-order chi connectivity index (χ1) is 9.50. The summed E-state index contributed by atoms with van der Waals surface area (Å²) in [4.78, 5) is 1.91. The molecule has 1 fully saturated rings. The van der Waals surface area contributed by atoms with Crippen LogP contribution in [0.5, 0.6) is 0 Å². The van der Waals surface area contributed by atoms with Crippen LogP contribution in [0.2, 0.25) is 0 Å². The average molecular weight is 308 g/mol. The Bertz CT molecular complexity index is 415. The van der Waals surface area contributed by atoms with Gasteiger partial charge in [-0.2, -0.15) is 13.2 Å². The molecule has 2 heterocycles. The highest BCUT2D eigenvalue weighted by Gasteiger charge is 2.36. The summed E-state index contributed by atoms with van der Waals surface area (Å²) in [6, 6.07) is 0.327. The lowest BCUT2D eigenvalue weighted by atomic mass is 10.0. The smallest absolute Gasteiger partial charge is 0.345 e. The van der Waals surface area contributed by atoms with Crippen LogP contribution in [0.4, 0.5) is 18.3 Å². The molecule has 1 atom stereocenters. The maximum atomic E-state index is 12.6. The van der Waals surface area contributed by atoms with Crippen molar-refractivity contribution in [2.75, 3.05) is 24.5 Å². The van der Waals surface area contributed by atoms with Gasteiger partial charge in [-0.05, 0) is 25.8 Å². The van der Waals surface area contributed by atoms with Crippen LogP contribution in [0.15, 0.2) is 0 Å². The van der Waals surface area contributed by atoms with Gasteiger partial charge in [0.1, 0.15) is 0 Å². The molecule has 4 nitrogen and oxygen atoms in total. The zero-order chi connectivity index (χ0) is 14.6. The Balaban J connectivity index is 2.05. The minimum absolute atomic E-state index is 0.327. The molecule has 0 spiro atoms. The Morgan fingerprint density at radius 3 is 2.70 bits per heavy atom. The van der Waals surface area contributed by atoms with Gasteiger partial charge in [-0.3, -0.25) is 0 Å². The first kappa shape index (κ1) is 15.5. The Labute approximate surface area is 120 Å². The molecule has 0 radical (unpaired) electrons. The number of alkyl halides is 3. The number of rotatable bonds is 5. The predicted octanol–water partition coefficient (Wildman–Crippen LogP) is 2.92. The van der Waals surface area contributed by atoms with Crippen LogP contribution in [-0.2, 0) is 6.18 Å². The van der Waals surface area contributed by atoms with E-state index in [1.54, 1.807) is 0 Å². The summed E-state index contributed by atoms with van der Waals surface area (Å²) in [6.07, 6.45) is -0.140. The third-order valence-electron chi connectivity index (χ3n) is 3.27. The minimum atomic E-state index is -4.41. The topological polar surface area (TPSA) is 41.0 Å². The van der Waals surface area contributed by atoms with Crippen LogP contribution < -0.4 is 10.2 Å². The van der Waals surface area contributed by atoms with Gasteiger partial charge in [0.05, 0.1) is 0 Å². The number of nitrogens with zero attached hydrogens (tertiary/aromatic N) is 3. The van der Waals surface area contributed by atoms with Gasteiger partial charge in [-0.15, -0.1) is 10.2 Å². The van der Waals surface area contributed by atoms with Gasteiger partial charge in [-0.1, -0.05) is 24.7 Å². The van der Waals surface area contributed by atoms with Crippen molar-refractivity contribution in [1.29, 1.82) is 0 Å². The van der Waals surface area contributed by atoms with Gasteiger partial charge in [0.25, 0.3) is 0 Å². The second kappa shape index (κ2) is 6.71. The van der Waals surface area contributed by atoms with E-state index in [4.69, 9.17) is 0 Å². The summed E-state index contributed by atoms with van der Waals surface area (Å²) in [5.41, 5.74) is 0. The predicted molar refractivity (Wildman–Crippen MR) is 73.1 cm³/mol. The summed E-state index contributed by atoms with van der Waals surface area (Å²) < 4.78 is 37.8. The maximum absolute atomic E-state index is 12.6. The van der Waals surface area contributed by atoms with Crippen LogP contribution in [0.1, 0.15) is 37.6 Å². The third kappa shape index (κ3) is 4.05. The highest BCUT2D eigenvalue weighted by atomic mass is 32.1. The minimum Gasteiger partial charge on any atom is -0.345 e. The molecule has 1 N–H and O–H groups in total. The number of anilines is 1. The fourth-order valence-corrected chi connectivity index (χ4v) is 3.09. The Kier molecular flexibility index (Phi) is 5.20. The van der Waals surface area contributed by atoms with Gasteiger partial charge in [0, 0.05) is 19.1 Å². The summed E-state index contributed by atoms with van der Waals surface area (Å²) in [5, 5.41) is 9.88. The molecule has 1 aliphatic heterocycles. The fourth-order valence-electron chi connectivity index (χ4n) is 2.34. The van der Waals surface area contributed by atoms with E-state index in [1.165, 1.54) is 12.8 Å². The van der Waals surface area contributed by atoms with Crippen molar-refractivity contribution in [1.82, 2.24) is 15.5 Å². The Hall–Kier alpha value is -0.890. The molecule has 114 valence electrons. The first-order valence-corrected chi connectivity index (χ1v) is 7.71. The lowest BCUT2D eigenvalue weighted by molar-refractivity contribution is -0.138. The molecule has 20 heavy (non-hydrogen) atoms. The molecule has 1 aliphatic rings. The van der Waals surface area contributed by atoms with Crippen molar-refractivity contribution in [2.45, 2.75) is 44.8 Å². The zero-order valence-electron chi connectivity index (χ0n) is 11.4. The lowest BCUT2D eigenvalue weighted by Gasteiger charge is -2.30. The summed E-state index contributed by atoms with van der Waals surface area (Å²) >= 11 is 0.627. The van der Waals surface area contributed by atoms with Gasteiger partial charge in [0.15, 0.2) is 0 Å². The number of nitrogens with one attached hydrogen (secondary N) is 1. The fraction of sp³-hybridized carbons (Fsp3) is 0.833. The zero-order valence-corrected chi connectivity index (χ0v) is 12.2. The van der Waals surface area contributed by atoms with E-state index in [0.29, 0.717) is 35.6 Å². The second-order valence-electron chi connectivity index (χ2n) is 4.98. The molecule has 1 aromatic rings. The van der Waals surface area contributed by atoms with Crippen molar-refractivity contribution in [3.63, 3.8) is 0 Å². The Morgan fingerprint density at radius 2 is 2.15 bits per heavy atom. The van der Waals surface area contributed by atoms with E-state index >= 15 is 0 Å². The quantitative estimate of drug-likeness (QED) is 0.908. The largest absolute Gasteiger partial charge is 0.445 e. The van der Waals surface area contributed by atoms with E-state index in [-0.39, 0.29) is 0 Å². The van der Waals surface area contributed by atoms with Gasteiger partial charge < -0.3 is 10.2 Å². The SMILES string of the molecule is CCCN(CC1CCCCN1)c1nnc(C(F)(F)F)s1. The second-order valence-corrected chi connectivity index (χ2v) is 5.94. The third-order valence-corrected chi connectivity index (χ3v) is 4.30. The standard InChI is InChI=1S/C12H19F3N4S/c1-2-7-19(8-9-5-3-4-6-16-9)11-18-17-10(20-11)12(13,14)15/h9,16H,2-8H2,1H3. The summed E-state index contributed by atoms with van der Waals surface area (Å²) in [7, 11) is 0. The number of hydrogen-bond donors (Lipinski definition) is 1. The van der Waals surface area contributed by atoms with Crippen molar-refractivity contribution in [2.24, 2.45) is 0 Å². The molecule has 8 heteroatoms. The number of aromatic nitrogens is 2. The average Bonchev–Trinajstić information content (AvgIpc) is 2.89. The molecule has 0 aromatic carbocycles. The molecule has 0 aliphatic carbocycles. The molecule has 1 aromatic heterocycles. The summed E-state index contributed by atoms with van der Waals surface area (Å²) in [5.74, 6) is 0. The summed E-state index contributed by atoms with van der Waals surface area (Å²) in [6.45, 7) is 4.38. The van der Waals surface area contributed by atoms with Gasteiger partial charge >= 0.3 is 6.18 Å². The van der Waals surface area contributed by atoms with Crippen LogP contribution in [0.25, 0.3) is 0 Å². The van der Waals surface area contributed by atoms with Crippen molar-refractivity contribution < 1.29 is 13.2 Å². The highest BCUT2D eigenvalue weighted by molar-refractivity contribution is 7.15. The number of piperidine rings is 1. The van der Waals surface area contributed by atoms with Crippen LogP contribution in [0, 0.1) is 0 Å². The molecular formula is C12H19F3N4S. The van der Waals surface area contributed by atoms with Crippen molar-refractivity contribution in [3.8, 4) is 0 Å². The molecule has 1 unspecified atom stereocenters. The normalized spacial score (nSPS) is 20.1. The molecule has 1 saturated heterocycles. The maximum Gasteiger partial charge on any atom is 0.445 e. The van der Waals surface area contributed by atoms with Crippen LogP contribution in [-0.4, -0.2) is 35.9 Å². The van der Waals surface area contributed by atoms with Crippen molar-refractivity contribution >= 4 is 16.5 Å². The first-order valence-electron chi connectivity index (χ1n) is 6.89. The number of halogens is 3. The highest BCUT2D eigenvalue weighted by Crippen LogP contribution is 2.34. The number of hydrogen-bond acceptors (Lipinski definition) is 5. The lowest BCUT2D eigenvalue weighted by Crippen LogP contribution is -2.44. The van der Waals surface area contributed by atoms with E-state index in [2.05, 4.69) is 15.5 Å².